The lowest BCUT2D eigenvalue weighted by Gasteiger charge is -2.07. The monoisotopic (exact) mass is 435 g/mol. The van der Waals surface area contributed by atoms with E-state index in [0.717, 1.165) is 12.3 Å². The number of unbranched alkanes of at least 4 members (excludes halogenated alkanes) is 24. The van der Waals surface area contributed by atoms with Gasteiger partial charge in [0.25, 0.3) is 0 Å². The average molecular weight is 436 g/mol. The fourth-order valence-corrected chi connectivity index (χ4v) is 4.76. The van der Waals surface area contributed by atoms with Crippen molar-refractivity contribution in [2.45, 2.75) is 187 Å². The van der Waals surface area contributed by atoms with Crippen LogP contribution in [0.1, 0.15) is 187 Å². The van der Waals surface area contributed by atoms with Crippen molar-refractivity contribution in [2.75, 3.05) is 0 Å². The second-order valence-corrected chi connectivity index (χ2v) is 10.6. The normalized spacial score (nSPS) is 12.5. The van der Waals surface area contributed by atoms with Crippen LogP contribution in [0.3, 0.4) is 0 Å². The summed E-state index contributed by atoms with van der Waals surface area (Å²) in [7, 11) is 0. The fraction of sp³-hybridized carbons (Fsp3) is 0.968. The molecule has 0 heteroatoms. The fourth-order valence-electron chi connectivity index (χ4n) is 4.76. The second kappa shape index (κ2) is 28.0. The quantitative estimate of drug-likeness (QED) is 0.112. The minimum absolute atomic E-state index is 0.947. The molecule has 0 fully saturated rings. The van der Waals surface area contributed by atoms with E-state index in [1.807, 2.05) is 0 Å². The van der Waals surface area contributed by atoms with Gasteiger partial charge in [-0.2, -0.15) is 0 Å². The van der Waals surface area contributed by atoms with Crippen molar-refractivity contribution >= 4 is 0 Å². The van der Waals surface area contributed by atoms with Crippen LogP contribution in [0.15, 0.2) is 0 Å². The molecule has 187 valence electrons. The van der Waals surface area contributed by atoms with Crippen molar-refractivity contribution in [3.8, 4) is 0 Å². The van der Waals surface area contributed by atoms with E-state index in [1.54, 1.807) is 0 Å². The Morgan fingerprint density at radius 1 is 0.387 bits per heavy atom. The minimum atomic E-state index is 0.947. The molecule has 0 spiro atoms. The van der Waals surface area contributed by atoms with Gasteiger partial charge in [-0.3, -0.25) is 0 Å². The molecule has 0 aliphatic rings. The van der Waals surface area contributed by atoms with E-state index in [1.165, 1.54) is 167 Å². The van der Waals surface area contributed by atoms with Crippen molar-refractivity contribution < 1.29 is 0 Å². The lowest BCUT2D eigenvalue weighted by atomic mass is 9.99. The Bertz CT molecular complexity index is 294. The van der Waals surface area contributed by atoms with Gasteiger partial charge in [-0.05, 0) is 5.92 Å². The third-order valence-corrected chi connectivity index (χ3v) is 7.39. The van der Waals surface area contributed by atoms with E-state index < -0.39 is 0 Å². The van der Waals surface area contributed by atoms with E-state index in [0.29, 0.717) is 0 Å². The lowest BCUT2D eigenvalue weighted by Crippen LogP contribution is -1.91. The Labute approximate surface area is 200 Å². The van der Waals surface area contributed by atoms with Crippen LogP contribution in [0.25, 0.3) is 0 Å². The Hall–Kier alpha value is 0. The first-order valence-corrected chi connectivity index (χ1v) is 15.1. The largest absolute Gasteiger partial charge is 0.0651 e. The maximum absolute atomic E-state index is 3.92. The molecule has 0 aliphatic heterocycles. The first kappa shape index (κ1) is 31.0. The zero-order chi connectivity index (χ0) is 22.7. The van der Waals surface area contributed by atoms with Crippen LogP contribution in [0.4, 0.5) is 0 Å². The minimum Gasteiger partial charge on any atom is -0.0651 e. The van der Waals surface area contributed by atoms with Crippen LogP contribution < -0.4 is 0 Å². The first-order chi connectivity index (χ1) is 15.3. The maximum Gasteiger partial charge on any atom is -0.0445 e. The molecule has 0 amide bonds. The molecule has 0 N–H and O–H groups in total. The molecule has 0 nitrogen and oxygen atoms in total. The van der Waals surface area contributed by atoms with Gasteiger partial charge < -0.3 is 0 Å². The molecule has 0 aliphatic carbocycles. The van der Waals surface area contributed by atoms with Gasteiger partial charge >= 0.3 is 0 Å². The summed E-state index contributed by atoms with van der Waals surface area (Å²) < 4.78 is 0. The molecule has 0 bridgehead atoms. The standard InChI is InChI=1S/C31H63/c1-4-6-7-8-9-10-11-12-13-14-15-16-17-18-19-20-21-22-23-24-25-26-27-28-29-30-31(3)5-2/h31H,1,4-30H2,2-3H3. The van der Waals surface area contributed by atoms with Crippen LogP contribution in [-0.2, 0) is 0 Å². The molecule has 0 rings (SSSR count). The second-order valence-electron chi connectivity index (χ2n) is 10.6. The van der Waals surface area contributed by atoms with Crippen molar-refractivity contribution in [3.05, 3.63) is 6.92 Å². The SMILES string of the molecule is [CH2]CCCCCCCCCCCCCCCCCCCCCCCCCCC(C)CC. The topological polar surface area (TPSA) is 0 Å². The molecule has 1 unspecified atom stereocenters. The van der Waals surface area contributed by atoms with E-state index in [-0.39, 0.29) is 0 Å². The number of rotatable bonds is 27. The van der Waals surface area contributed by atoms with Gasteiger partial charge in [-0.25, -0.2) is 0 Å². The average Bonchev–Trinajstić information content (AvgIpc) is 2.78. The summed E-state index contributed by atoms with van der Waals surface area (Å²) in [4.78, 5) is 0. The smallest absolute Gasteiger partial charge is 0.0445 e. The molecule has 0 heterocycles. The highest BCUT2D eigenvalue weighted by atomic mass is 14.0. The van der Waals surface area contributed by atoms with Gasteiger partial charge in [0.05, 0.1) is 0 Å². The van der Waals surface area contributed by atoms with Gasteiger partial charge in [-0.15, -0.1) is 0 Å². The summed E-state index contributed by atoms with van der Waals surface area (Å²) in [5.41, 5.74) is 0. The van der Waals surface area contributed by atoms with Gasteiger partial charge in [0, 0.05) is 0 Å². The molecule has 1 atom stereocenters. The van der Waals surface area contributed by atoms with Crippen molar-refractivity contribution in [3.63, 3.8) is 0 Å². The molecular weight excluding hydrogens is 372 g/mol. The molecule has 0 aromatic carbocycles. The van der Waals surface area contributed by atoms with Crippen molar-refractivity contribution in [2.24, 2.45) is 5.92 Å². The van der Waals surface area contributed by atoms with Crippen LogP contribution in [0.5, 0.6) is 0 Å². The highest BCUT2D eigenvalue weighted by Gasteiger charge is 1.99. The summed E-state index contributed by atoms with van der Waals surface area (Å²) >= 11 is 0. The third kappa shape index (κ3) is 28.0. The Kier molecular flexibility index (Phi) is 28.0. The van der Waals surface area contributed by atoms with Crippen LogP contribution in [-0.4, -0.2) is 0 Å². The molecule has 1 radical (unpaired) electrons. The summed E-state index contributed by atoms with van der Waals surface area (Å²) in [5, 5.41) is 0. The predicted molar refractivity (Wildman–Crippen MR) is 145 cm³/mol. The zero-order valence-electron chi connectivity index (χ0n) is 22.4. The number of hydrogen-bond acceptors (Lipinski definition) is 0. The molecule has 0 aromatic rings. The first-order valence-electron chi connectivity index (χ1n) is 15.1. The molecular formula is C31H63. The summed E-state index contributed by atoms with van der Waals surface area (Å²) in [6.07, 6.45) is 39.2. The van der Waals surface area contributed by atoms with Gasteiger partial charge in [0.15, 0.2) is 0 Å². The Morgan fingerprint density at radius 3 is 0.839 bits per heavy atom. The summed E-state index contributed by atoms with van der Waals surface area (Å²) in [6, 6.07) is 0. The molecule has 0 aromatic heterocycles. The van der Waals surface area contributed by atoms with Crippen LogP contribution in [0, 0.1) is 12.8 Å². The maximum atomic E-state index is 3.92. The zero-order valence-corrected chi connectivity index (χ0v) is 22.4. The lowest BCUT2D eigenvalue weighted by molar-refractivity contribution is 0.468. The van der Waals surface area contributed by atoms with E-state index in [9.17, 15) is 0 Å². The van der Waals surface area contributed by atoms with E-state index in [4.69, 9.17) is 0 Å². The highest BCUT2D eigenvalue weighted by molar-refractivity contribution is 4.53. The highest BCUT2D eigenvalue weighted by Crippen LogP contribution is 2.17. The van der Waals surface area contributed by atoms with E-state index in [2.05, 4.69) is 20.8 Å². The van der Waals surface area contributed by atoms with Crippen molar-refractivity contribution in [1.29, 1.82) is 0 Å². The predicted octanol–water partition coefficient (Wildman–Crippen LogP) is 12.0. The van der Waals surface area contributed by atoms with Gasteiger partial charge in [-0.1, -0.05) is 194 Å². The molecule has 31 heavy (non-hydrogen) atoms. The Balaban J connectivity index is 3.01. The van der Waals surface area contributed by atoms with Crippen LogP contribution >= 0.6 is 0 Å². The van der Waals surface area contributed by atoms with E-state index >= 15 is 0 Å². The third-order valence-electron chi connectivity index (χ3n) is 7.39. The van der Waals surface area contributed by atoms with Crippen LogP contribution in [0.2, 0.25) is 0 Å². The Morgan fingerprint density at radius 2 is 0.613 bits per heavy atom. The number of hydrogen-bond donors (Lipinski definition) is 0. The molecule has 0 saturated carbocycles. The molecule has 0 saturated heterocycles. The van der Waals surface area contributed by atoms with Crippen molar-refractivity contribution in [1.82, 2.24) is 0 Å². The summed E-state index contributed by atoms with van der Waals surface area (Å²) in [5.74, 6) is 0.947. The van der Waals surface area contributed by atoms with Gasteiger partial charge in [0.2, 0.25) is 0 Å². The van der Waals surface area contributed by atoms with Gasteiger partial charge in [0.1, 0.15) is 0 Å². The summed E-state index contributed by atoms with van der Waals surface area (Å²) in [6.45, 7) is 8.64.